The van der Waals surface area contributed by atoms with Crippen LogP contribution in [-0.2, 0) is 4.79 Å². The van der Waals surface area contributed by atoms with Gasteiger partial charge in [-0.05, 0) is 36.2 Å². The molecule has 1 N–H and O–H groups in total. The first-order valence-electron chi connectivity index (χ1n) is 8.51. The largest absolute Gasteiger partial charge is 0.481 e. The number of hydrogen-bond donors (Lipinski definition) is 1. The first-order chi connectivity index (χ1) is 13.4. The van der Waals surface area contributed by atoms with Gasteiger partial charge in [0.15, 0.2) is 6.10 Å². The number of halogens is 1. The second kappa shape index (κ2) is 8.30. The summed E-state index contributed by atoms with van der Waals surface area (Å²) in [5.74, 6) is -0.910. The van der Waals surface area contributed by atoms with Crippen molar-refractivity contribution in [2.24, 2.45) is 0 Å². The molecule has 0 heterocycles. The van der Waals surface area contributed by atoms with Crippen molar-refractivity contribution in [1.29, 1.82) is 0 Å². The van der Waals surface area contributed by atoms with Crippen LogP contribution in [0.2, 0.25) is 0 Å². The topological polar surface area (TPSA) is 81.5 Å². The van der Waals surface area contributed by atoms with Gasteiger partial charge in [-0.25, -0.2) is 4.39 Å². The SMILES string of the molecule is CC(Oc1ccc(-c2ccccc2)cc1)C(=O)Nc1cc([N+](=O)[O-])ccc1F. The van der Waals surface area contributed by atoms with Gasteiger partial charge in [-0.3, -0.25) is 14.9 Å². The fourth-order valence-electron chi connectivity index (χ4n) is 2.57. The standard InChI is InChI=1S/C21H17FN2O4/c1-14(21(25)23-20-13-17(24(26)27)9-12-19(20)22)28-18-10-7-16(8-11-18)15-5-3-2-4-6-15/h2-14H,1H3,(H,23,25). The number of amides is 1. The Morgan fingerprint density at radius 1 is 1.04 bits per heavy atom. The number of benzene rings is 3. The van der Waals surface area contributed by atoms with E-state index in [4.69, 9.17) is 4.74 Å². The molecule has 0 aliphatic carbocycles. The molecule has 3 aromatic carbocycles. The van der Waals surface area contributed by atoms with Gasteiger partial charge >= 0.3 is 0 Å². The van der Waals surface area contributed by atoms with Crippen LogP contribution in [0.15, 0.2) is 72.8 Å². The monoisotopic (exact) mass is 380 g/mol. The van der Waals surface area contributed by atoms with Gasteiger partial charge in [0.2, 0.25) is 0 Å². The zero-order chi connectivity index (χ0) is 20.1. The van der Waals surface area contributed by atoms with Crippen LogP contribution in [-0.4, -0.2) is 16.9 Å². The molecule has 0 bridgehead atoms. The lowest BCUT2D eigenvalue weighted by Crippen LogP contribution is -2.30. The first kappa shape index (κ1) is 19.0. The second-order valence-corrected chi connectivity index (χ2v) is 6.06. The van der Waals surface area contributed by atoms with Crippen LogP contribution in [0.25, 0.3) is 11.1 Å². The summed E-state index contributed by atoms with van der Waals surface area (Å²) in [4.78, 5) is 22.4. The lowest BCUT2D eigenvalue weighted by atomic mass is 10.1. The van der Waals surface area contributed by atoms with Crippen LogP contribution in [0.3, 0.4) is 0 Å². The Bertz CT molecular complexity index is 991. The van der Waals surface area contributed by atoms with E-state index in [0.717, 1.165) is 29.3 Å². The van der Waals surface area contributed by atoms with E-state index in [1.54, 1.807) is 12.1 Å². The number of carbonyl (C=O) groups is 1. The normalized spacial score (nSPS) is 11.5. The Morgan fingerprint density at radius 3 is 2.32 bits per heavy atom. The zero-order valence-corrected chi connectivity index (χ0v) is 15.0. The maximum Gasteiger partial charge on any atom is 0.271 e. The molecule has 0 aliphatic heterocycles. The molecule has 0 radical (unpaired) electrons. The van der Waals surface area contributed by atoms with Gasteiger partial charge in [-0.1, -0.05) is 42.5 Å². The molecule has 7 heteroatoms. The maximum atomic E-state index is 13.8. The number of rotatable bonds is 6. The van der Waals surface area contributed by atoms with E-state index >= 15 is 0 Å². The Labute approximate surface area is 160 Å². The smallest absolute Gasteiger partial charge is 0.271 e. The highest BCUT2D eigenvalue weighted by molar-refractivity contribution is 5.94. The summed E-state index contributed by atoms with van der Waals surface area (Å²) < 4.78 is 19.4. The molecule has 6 nitrogen and oxygen atoms in total. The molecule has 3 rings (SSSR count). The molecular formula is C21H17FN2O4. The van der Waals surface area contributed by atoms with Crippen molar-refractivity contribution in [2.75, 3.05) is 5.32 Å². The Balaban J connectivity index is 1.66. The second-order valence-electron chi connectivity index (χ2n) is 6.06. The molecule has 0 saturated heterocycles. The summed E-state index contributed by atoms with van der Waals surface area (Å²) in [6.45, 7) is 1.51. The maximum absolute atomic E-state index is 13.8. The van der Waals surface area contributed by atoms with Crippen LogP contribution in [0.1, 0.15) is 6.92 Å². The van der Waals surface area contributed by atoms with Gasteiger partial charge in [0.25, 0.3) is 11.6 Å². The van der Waals surface area contributed by atoms with Crippen LogP contribution < -0.4 is 10.1 Å². The molecule has 28 heavy (non-hydrogen) atoms. The van der Waals surface area contributed by atoms with Crippen LogP contribution in [0, 0.1) is 15.9 Å². The highest BCUT2D eigenvalue weighted by atomic mass is 19.1. The summed E-state index contributed by atoms with van der Waals surface area (Å²) in [7, 11) is 0. The summed E-state index contributed by atoms with van der Waals surface area (Å²) in [6, 6.07) is 19.9. The minimum atomic E-state index is -0.929. The highest BCUT2D eigenvalue weighted by Crippen LogP contribution is 2.24. The molecule has 3 aromatic rings. The molecule has 0 spiro atoms. The number of nitrogens with one attached hydrogen (secondary N) is 1. The van der Waals surface area contributed by atoms with Crippen molar-refractivity contribution in [3.63, 3.8) is 0 Å². The number of nitrogens with zero attached hydrogens (tertiary/aromatic N) is 1. The third-order valence-corrected chi connectivity index (χ3v) is 4.06. The number of hydrogen-bond acceptors (Lipinski definition) is 4. The zero-order valence-electron chi connectivity index (χ0n) is 15.0. The first-order valence-corrected chi connectivity index (χ1v) is 8.51. The molecule has 1 atom stereocenters. The minimum absolute atomic E-state index is 0.269. The Morgan fingerprint density at radius 2 is 1.68 bits per heavy atom. The van der Waals surface area contributed by atoms with Gasteiger partial charge in [0.05, 0.1) is 10.6 Å². The van der Waals surface area contributed by atoms with E-state index in [2.05, 4.69) is 5.32 Å². The van der Waals surface area contributed by atoms with Crippen LogP contribution in [0.4, 0.5) is 15.8 Å². The van der Waals surface area contributed by atoms with E-state index < -0.39 is 22.8 Å². The molecule has 0 saturated carbocycles. The van der Waals surface area contributed by atoms with Crippen molar-refractivity contribution in [2.45, 2.75) is 13.0 Å². The van der Waals surface area contributed by atoms with E-state index in [1.165, 1.54) is 6.92 Å². The van der Waals surface area contributed by atoms with E-state index in [1.807, 2.05) is 42.5 Å². The average molecular weight is 380 g/mol. The van der Waals surface area contributed by atoms with Gasteiger partial charge in [-0.2, -0.15) is 0 Å². The van der Waals surface area contributed by atoms with Gasteiger partial charge in [-0.15, -0.1) is 0 Å². The fraction of sp³-hybridized carbons (Fsp3) is 0.0952. The quantitative estimate of drug-likeness (QED) is 0.492. The highest BCUT2D eigenvalue weighted by Gasteiger charge is 2.18. The van der Waals surface area contributed by atoms with Crippen LogP contribution >= 0.6 is 0 Å². The molecule has 142 valence electrons. The number of non-ortho nitro benzene ring substituents is 1. The average Bonchev–Trinajstić information content (AvgIpc) is 2.70. The van der Waals surface area contributed by atoms with Crippen molar-refractivity contribution in [3.05, 3.63) is 88.7 Å². The third kappa shape index (κ3) is 4.50. The van der Waals surface area contributed by atoms with Crippen molar-refractivity contribution in [1.82, 2.24) is 0 Å². The molecule has 0 aromatic heterocycles. The van der Waals surface area contributed by atoms with Crippen molar-refractivity contribution in [3.8, 4) is 16.9 Å². The molecule has 1 amide bonds. The summed E-state index contributed by atoms with van der Waals surface area (Å²) in [5.41, 5.74) is 1.47. The third-order valence-electron chi connectivity index (χ3n) is 4.06. The van der Waals surface area contributed by atoms with Crippen molar-refractivity contribution >= 4 is 17.3 Å². The predicted molar refractivity (Wildman–Crippen MR) is 104 cm³/mol. The Hall–Kier alpha value is -3.74. The molecule has 0 aliphatic rings. The predicted octanol–water partition coefficient (Wildman–Crippen LogP) is 4.81. The number of nitro benzene ring substituents is 1. The van der Waals surface area contributed by atoms with Gasteiger partial charge < -0.3 is 10.1 Å². The molecule has 0 fully saturated rings. The van der Waals surface area contributed by atoms with Gasteiger partial charge in [0, 0.05) is 12.1 Å². The number of nitro groups is 1. The van der Waals surface area contributed by atoms with Crippen molar-refractivity contribution < 1.29 is 18.8 Å². The summed E-state index contributed by atoms with van der Waals surface area (Å²) in [5, 5.41) is 13.1. The number of anilines is 1. The van der Waals surface area contributed by atoms with E-state index in [0.29, 0.717) is 5.75 Å². The van der Waals surface area contributed by atoms with Crippen LogP contribution in [0.5, 0.6) is 5.75 Å². The Kier molecular flexibility index (Phi) is 5.64. The summed E-state index contributed by atoms with van der Waals surface area (Å²) >= 11 is 0. The minimum Gasteiger partial charge on any atom is -0.481 e. The van der Waals surface area contributed by atoms with Gasteiger partial charge in [0.1, 0.15) is 11.6 Å². The lowest BCUT2D eigenvalue weighted by molar-refractivity contribution is -0.384. The number of carbonyl (C=O) groups excluding carboxylic acids is 1. The lowest BCUT2D eigenvalue weighted by Gasteiger charge is -2.15. The van der Waals surface area contributed by atoms with E-state index in [-0.39, 0.29) is 11.4 Å². The summed E-state index contributed by atoms with van der Waals surface area (Å²) in [6.07, 6.45) is -0.929. The number of ether oxygens (including phenoxy) is 1. The van der Waals surface area contributed by atoms with E-state index in [9.17, 15) is 19.3 Å². The molecular weight excluding hydrogens is 363 g/mol. The molecule has 1 unspecified atom stereocenters. The fourth-order valence-corrected chi connectivity index (χ4v) is 2.57.